The van der Waals surface area contributed by atoms with E-state index in [4.69, 9.17) is 16.3 Å². The Morgan fingerprint density at radius 2 is 2.13 bits per heavy atom. The number of halogens is 2. The third-order valence-corrected chi connectivity index (χ3v) is 4.82. The van der Waals surface area contributed by atoms with Crippen molar-refractivity contribution >= 4 is 46.0 Å². The summed E-state index contributed by atoms with van der Waals surface area (Å²) in [5.41, 5.74) is 0.493. The van der Waals surface area contributed by atoms with E-state index in [1.54, 1.807) is 0 Å². The summed E-state index contributed by atoms with van der Waals surface area (Å²) in [6.45, 7) is 6.22. The predicted octanol–water partition coefficient (Wildman–Crippen LogP) is 5.05. The molecule has 0 bridgehead atoms. The number of carbonyl (C=O) groups is 1. The van der Waals surface area contributed by atoms with Gasteiger partial charge in [0.1, 0.15) is 5.60 Å². The molecular weight excluding hydrogens is 427 g/mol. The Morgan fingerprint density at radius 1 is 1.39 bits per heavy atom. The molecule has 0 radical (unpaired) electrons. The molecule has 6 heteroatoms. The lowest BCUT2D eigenvalue weighted by Gasteiger charge is -2.24. The minimum Gasteiger partial charge on any atom is -0.444 e. The van der Waals surface area contributed by atoms with E-state index >= 15 is 0 Å². The fourth-order valence-corrected chi connectivity index (χ4v) is 3.72. The number of amides is 1. The predicted molar refractivity (Wildman–Crippen MR) is 103 cm³/mol. The lowest BCUT2D eigenvalue weighted by atomic mass is 10.0. The first-order chi connectivity index (χ1) is 10.7. The van der Waals surface area contributed by atoms with Crippen LogP contribution in [0.15, 0.2) is 18.2 Å². The van der Waals surface area contributed by atoms with Crippen LogP contribution in [0.1, 0.15) is 40.0 Å². The van der Waals surface area contributed by atoms with E-state index < -0.39 is 5.60 Å². The van der Waals surface area contributed by atoms with Gasteiger partial charge in [0.25, 0.3) is 0 Å². The smallest absolute Gasteiger partial charge is 0.407 e. The van der Waals surface area contributed by atoms with Crippen LogP contribution in [-0.2, 0) is 4.74 Å². The number of alkyl carbamates (subject to hydrolysis) is 1. The number of rotatable bonds is 4. The van der Waals surface area contributed by atoms with Crippen molar-refractivity contribution in [3.63, 3.8) is 0 Å². The Labute approximate surface area is 156 Å². The molecule has 23 heavy (non-hydrogen) atoms. The maximum Gasteiger partial charge on any atom is 0.407 e. The standard InChI is InChI=1S/C17H24ClIN2O2/c1-17(2,3)23-16(22)20-10-11-5-4-6-14(11)21-15-8-7-12(19)9-13(15)18/h7-9,11,14,21H,4-6,10H2,1-3H3,(H,20,22). The van der Waals surface area contributed by atoms with E-state index in [1.165, 1.54) is 0 Å². The summed E-state index contributed by atoms with van der Waals surface area (Å²) in [4.78, 5) is 11.8. The summed E-state index contributed by atoms with van der Waals surface area (Å²) in [6, 6.07) is 6.33. The van der Waals surface area contributed by atoms with Gasteiger partial charge in [-0.3, -0.25) is 0 Å². The zero-order chi connectivity index (χ0) is 17.0. The summed E-state index contributed by atoms with van der Waals surface area (Å²) >= 11 is 8.55. The second-order valence-corrected chi connectivity index (χ2v) is 8.60. The highest BCUT2D eigenvalue weighted by Crippen LogP contribution is 2.31. The van der Waals surface area contributed by atoms with Gasteiger partial charge >= 0.3 is 6.09 Å². The molecule has 4 nitrogen and oxygen atoms in total. The van der Waals surface area contributed by atoms with Crippen molar-refractivity contribution in [1.29, 1.82) is 0 Å². The molecule has 2 N–H and O–H groups in total. The maximum absolute atomic E-state index is 11.8. The van der Waals surface area contributed by atoms with Crippen LogP contribution in [0.5, 0.6) is 0 Å². The van der Waals surface area contributed by atoms with Crippen LogP contribution in [-0.4, -0.2) is 24.3 Å². The van der Waals surface area contributed by atoms with Crippen LogP contribution in [0.2, 0.25) is 5.02 Å². The third kappa shape index (κ3) is 6.03. The van der Waals surface area contributed by atoms with E-state index in [2.05, 4.69) is 33.2 Å². The van der Waals surface area contributed by atoms with Crippen molar-refractivity contribution in [2.75, 3.05) is 11.9 Å². The molecule has 128 valence electrons. The van der Waals surface area contributed by atoms with Gasteiger partial charge in [-0.15, -0.1) is 0 Å². The number of hydrogen-bond donors (Lipinski definition) is 2. The number of hydrogen-bond acceptors (Lipinski definition) is 3. The Morgan fingerprint density at radius 3 is 2.78 bits per heavy atom. The van der Waals surface area contributed by atoms with E-state index in [9.17, 15) is 4.79 Å². The van der Waals surface area contributed by atoms with Crippen LogP contribution in [0, 0.1) is 9.49 Å². The normalized spacial score (nSPS) is 21.1. The number of ether oxygens (including phenoxy) is 1. The first kappa shape index (κ1) is 18.6. The highest BCUT2D eigenvalue weighted by atomic mass is 127. The maximum atomic E-state index is 11.8. The first-order valence-corrected chi connectivity index (χ1v) is 9.39. The average Bonchev–Trinajstić information content (AvgIpc) is 2.85. The highest BCUT2D eigenvalue weighted by molar-refractivity contribution is 14.1. The molecule has 1 aromatic carbocycles. The Balaban J connectivity index is 1.89. The van der Waals surface area contributed by atoms with Crippen molar-refractivity contribution in [2.45, 2.75) is 51.7 Å². The summed E-state index contributed by atoms with van der Waals surface area (Å²) < 4.78 is 6.41. The summed E-state index contributed by atoms with van der Waals surface area (Å²) in [7, 11) is 0. The number of benzene rings is 1. The largest absolute Gasteiger partial charge is 0.444 e. The van der Waals surface area contributed by atoms with Crippen LogP contribution in [0.25, 0.3) is 0 Å². The molecule has 1 aromatic rings. The van der Waals surface area contributed by atoms with E-state index in [-0.39, 0.29) is 6.09 Å². The van der Waals surface area contributed by atoms with E-state index in [0.29, 0.717) is 18.5 Å². The van der Waals surface area contributed by atoms with Crippen molar-refractivity contribution in [3.05, 3.63) is 26.8 Å². The zero-order valence-electron chi connectivity index (χ0n) is 13.8. The van der Waals surface area contributed by atoms with Crippen molar-refractivity contribution < 1.29 is 9.53 Å². The van der Waals surface area contributed by atoms with Gasteiger partial charge in [0.15, 0.2) is 0 Å². The third-order valence-electron chi connectivity index (χ3n) is 3.84. The highest BCUT2D eigenvalue weighted by Gasteiger charge is 2.28. The lowest BCUT2D eigenvalue weighted by molar-refractivity contribution is 0.0519. The fourth-order valence-electron chi connectivity index (χ4n) is 2.81. The summed E-state index contributed by atoms with van der Waals surface area (Å²) in [5, 5.41) is 7.15. The van der Waals surface area contributed by atoms with Crippen molar-refractivity contribution in [2.24, 2.45) is 5.92 Å². The Kier molecular flexibility index (Phi) is 6.42. The monoisotopic (exact) mass is 450 g/mol. The van der Waals surface area contributed by atoms with Crippen molar-refractivity contribution in [1.82, 2.24) is 5.32 Å². The molecule has 0 saturated heterocycles. The molecule has 1 fully saturated rings. The van der Waals surface area contributed by atoms with Gasteiger partial charge in [-0.1, -0.05) is 18.0 Å². The number of nitrogens with one attached hydrogen (secondary N) is 2. The molecule has 2 unspecified atom stereocenters. The zero-order valence-corrected chi connectivity index (χ0v) is 16.7. The number of anilines is 1. The van der Waals surface area contributed by atoms with Crippen molar-refractivity contribution in [3.8, 4) is 0 Å². The molecule has 1 aliphatic carbocycles. The van der Waals surface area contributed by atoms with E-state index in [0.717, 1.165) is 33.5 Å². The molecule has 0 heterocycles. The fraction of sp³-hybridized carbons (Fsp3) is 0.588. The second-order valence-electron chi connectivity index (χ2n) is 6.95. The molecule has 2 rings (SSSR count). The second kappa shape index (κ2) is 7.92. The molecule has 1 saturated carbocycles. The Bertz CT molecular complexity index is 560. The van der Waals surface area contributed by atoms with Crippen LogP contribution in [0.3, 0.4) is 0 Å². The average molecular weight is 451 g/mol. The summed E-state index contributed by atoms with van der Waals surface area (Å²) in [6.07, 6.45) is 2.98. The lowest BCUT2D eigenvalue weighted by Crippen LogP contribution is -2.38. The van der Waals surface area contributed by atoms with Gasteiger partial charge in [-0.2, -0.15) is 0 Å². The first-order valence-electron chi connectivity index (χ1n) is 7.93. The molecule has 2 atom stereocenters. The van der Waals surface area contributed by atoms with Gasteiger partial charge in [0.05, 0.1) is 10.7 Å². The SMILES string of the molecule is CC(C)(C)OC(=O)NCC1CCCC1Nc1ccc(I)cc1Cl. The topological polar surface area (TPSA) is 50.4 Å². The van der Waals surface area contributed by atoms with Crippen LogP contribution in [0.4, 0.5) is 10.5 Å². The van der Waals surface area contributed by atoms with Gasteiger partial charge in [0.2, 0.25) is 0 Å². The minimum absolute atomic E-state index is 0.322. The quantitative estimate of drug-likeness (QED) is 0.631. The molecule has 0 aliphatic heterocycles. The van der Waals surface area contributed by atoms with Crippen LogP contribution < -0.4 is 10.6 Å². The minimum atomic E-state index is -0.466. The van der Waals surface area contributed by atoms with Gasteiger partial charge < -0.3 is 15.4 Å². The van der Waals surface area contributed by atoms with Gasteiger partial charge in [-0.25, -0.2) is 4.79 Å². The summed E-state index contributed by atoms with van der Waals surface area (Å²) in [5.74, 6) is 0.387. The molecule has 1 aliphatic rings. The van der Waals surface area contributed by atoms with Gasteiger partial charge in [0, 0.05) is 16.2 Å². The molecule has 0 spiro atoms. The molecule has 1 amide bonds. The van der Waals surface area contributed by atoms with Crippen LogP contribution >= 0.6 is 34.2 Å². The molecular formula is C17H24ClIN2O2. The van der Waals surface area contributed by atoms with Gasteiger partial charge in [-0.05, 0) is 80.3 Å². The number of carbonyl (C=O) groups excluding carboxylic acids is 1. The molecule has 0 aromatic heterocycles. The van der Waals surface area contributed by atoms with E-state index in [1.807, 2.05) is 39.0 Å². The Hall–Kier alpha value is -0.690.